The van der Waals surface area contributed by atoms with Crippen LogP contribution >= 0.6 is 39.1 Å². The Labute approximate surface area is 694 Å². The van der Waals surface area contributed by atoms with Gasteiger partial charge in [0.25, 0.3) is 0 Å². The molecule has 8 aromatic rings. The molecule has 13 rings (SSSR count). The SMILES string of the molecule is CC1CCCN1CCCOc1ccc(-c2nc(CN3CCCCC3)c(C(=O)O)o2)cc1.CCOC(=O)c1oc(-c2ccc(OCCCCl)cc2)nc1CBr.CCOC(=O)c1oc(-c2ccc(OCCCCl)cc2)nc1CN1CCCCC1.CCOC(=O)c1oc(-c2ccc(OCCCN3CCCC3C)cc2)nc1CN1CCCCC1. The molecule has 2 atom stereocenters. The fourth-order valence-electron chi connectivity index (χ4n) is 14.4. The van der Waals surface area contributed by atoms with E-state index >= 15 is 0 Å². The molecule has 624 valence electrons. The summed E-state index contributed by atoms with van der Waals surface area (Å²) in [6, 6.07) is 31.4. The van der Waals surface area contributed by atoms with Crippen LogP contribution < -0.4 is 18.9 Å². The fraction of sp³-hybridized carbons (Fsp3) is 0.540. The molecule has 0 amide bonds. The number of likely N-dealkylation sites (tertiary alicyclic amines) is 5. The number of benzene rings is 4. The number of carboxylic acid groups (broad SMARTS) is 1. The number of carbonyl (C=O) groups is 4. The summed E-state index contributed by atoms with van der Waals surface area (Å²) in [6.07, 6.45) is 19.6. The van der Waals surface area contributed by atoms with E-state index in [0.29, 0.717) is 135 Å². The van der Waals surface area contributed by atoms with Crippen LogP contribution in [-0.2, 0) is 39.2 Å². The van der Waals surface area contributed by atoms with E-state index in [1.807, 2.05) is 97.1 Å². The molecule has 5 aliphatic rings. The summed E-state index contributed by atoms with van der Waals surface area (Å²) in [5.41, 5.74) is 5.43. The van der Waals surface area contributed by atoms with Gasteiger partial charge >= 0.3 is 23.9 Å². The van der Waals surface area contributed by atoms with Crippen molar-refractivity contribution >= 4 is 63.0 Å². The van der Waals surface area contributed by atoms with E-state index in [0.717, 1.165) is 136 Å². The number of piperidine rings is 3. The summed E-state index contributed by atoms with van der Waals surface area (Å²) in [6.45, 7) is 25.7. The van der Waals surface area contributed by atoms with Crippen LogP contribution in [0.2, 0.25) is 0 Å². The average Bonchev–Trinajstić information content (AvgIpc) is 1.68. The van der Waals surface area contributed by atoms with Crippen LogP contribution in [0.15, 0.2) is 115 Å². The zero-order chi connectivity index (χ0) is 81.1. The Balaban J connectivity index is 0.000000163. The number of aromatic carboxylic acids is 1. The largest absolute Gasteiger partial charge is 0.494 e. The number of hydrogen-bond donors (Lipinski definition) is 1. The molecule has 2 unspecified atom stereocenters. The zero-order valence-electron chi connectivity index (χ0n) is 67.4. The zero-order valence-corrected chi connectivity index (χ0v) is 70.5. The second-order valence-electron chi connectivity index (χ2n) is 29.1. The maximum Gasteiger partial charge on any atom is 0.376 e. The Morgan fingerprint density at radius 2 is 0.678 bits per heavy atom. The van der Waals surface area contributed by atoms with Crippen molar-refractivity contribution in [2.75, 3.05) is 123 Å². The molecule has 0 bridgehead atoms. The van der Waals surface area contributed by atoms with E-state index in [1.165, 1.54) is 83.7 Å². The molecule has 5 aliphatic heterocycles. The molecule has 9 heterocycles. The standard InChI is InChI=1S/C26H37N3O4.C24H33N3O4.C21H27ClN2O4.C16H17BrClNO4/c1-3-31-26(30)24-23(19-28-14-5-4-6-15-28)27-25(33-24)21-10-12-22(13-11-21)32-18-8-17-29-16-7-9-20(29)2;1-18-7-5-14-27(18)15-6-16-30-20-10-8-19(9-11-20)23-25-21(22(31-23)24(28)29)17-26-12-3-2-4-13-26;1-2-26-21(25)19-18(15-24-12-4-3-5-13-24)23-20(28-19)16-7-9-17(10-8-16)27-14-6-11-22;1-2-21-16(20)14-13(10-17)19-15(23-14)11-4-6-12(7-5-11)22-9-3-8-18/h10-13,20H,3-9,14-19H2,1-2H3;8-11,18H,2-7,12-17H2,1H3,(H,28,29);7-10H,2-6,11-15H2,1H3;4-7H,2-3,8-10H2,1H3. The highest BCUT2D eigenvalue weighted by molar-refractivity contribution is 9.08. The smallest absolute Gasteiger partial charge is 0.376 e. The Bertz CT molecular complexity index is 4220. The van der Waals surface area contributed by atoms with Gasteiger partial charge in [0, 0.05) is 84.2 Å². The first-order chi connectivity index (χ1) is 56.1. The van der Waals surface area contributed by atoms with Crippen LogP contribution in [0.5, 0.6) is 23.0 Å². The van der Waals surface area contributed by atoms with Crippen molar-refractivity contribution in [1.29, 1.82) is 0 Å². The first-order valence-corrected chi connectivity index (χ1v) is 43.3. The lowest BCUT2D eigenvalue weighted by molar-refractivity contribution is 0.0478. The van der Waals surface area contributed by atoms with Gasteiger partial charge in [-0.15, -0.1) is 23.2 Å². The van der Waals surface area contributed by atoms with Crippen LogP contribution in [-0.4, -0.2) is 209 Å². The van der Waals surface area contributed by atoms with Crippen LogP contribution in [0.4, 0.5) is 0 Å². The number of nitrogens with zero attached hydrogens (tertiary/aromatic N) is 9. The average molecular weight is 1690 g/mol. The molecule has 115 heavy (non-hydrogen) atoms. The van der Waals surface area contributed by atoms with Crippen molar-refractivity contribution in [2.24, 2.45) is 0 Å². The molecule has 0 spiro atoms. The van der Waals surface area contributed by atoms with Crippen LogP contribution in [0.1, 0.15) is 209 Å². The van der Waals surface area contributed by atoms with Crippen molar-refractivity contribution in [3.63, 3.8) is 0 Å². The third-order valence-electron chi connectivity index (χ3n) is 20.6. The van der Waals surface area contributed by atoms with Gasteiger partial charge in [-0.3, -0.25) is 14.7 Å². The Morgan fingerprint density at radius 1 is 0.400 bits per heavy atom. The van der Waals surface area contributed by atoms with E-state index in [4.69, 9.17) is 74.0 Å². The van der Waals surface area contributed by atoms with Crippen molar-refractivity contribution < 1.29 is 75.1 Å². The summed E-state index contributed by atoms with van der Waals surface area (Å²) in [5, 5.41) is 9.95. The number of rotatable bonds is 36. The topological polar surface area (TPSA) is 273 Å². The second-order valence-corrected chi connectivity index (χ2v) is 30.4. The van der Waals surface area contributed by atoms with Gasteiger partial charge in [0.05, 0.1) is 46.2 Å². The number of oxazole rings is 4. The first kappa shape index (κ1) is 89.0. The Morgan fingerprint density at radius 3 is 0.948 bits per heavy atom. The van der Waals surface area contributed by atoms with Crippen molar-refractivity contribution in [2.45, 2.75) is 181 Å². The number of ether oxygens (including phenoxy) is 7. The number of carbonyl (C=O) groups excluding carboxylic acids is 3. The first-order valence-electron chi connectivity index (χ1n) is 41.1. The molecule has 4 aromatic heterocycles. The third-order valence-corrected chi connectivity index (χ3v) is 21.6. The summed E-state index contributed by atoms with van der Waals surface area (Å²) in [4.78, 5) is 78.4. The number of carboxylic acids is 1. The molecular formula is C87H114BrCl2N9O16. The Hall–Kier alpha value is -8.34. The molecule has 0 radical (unpaired) electrons. The number of hydrogen-bond acceptors (Lipinski definition) is 24. The predicted octanol–water partition coefficient (Wildman–Crippen LogP) is 18.0. The number of alkyl halides is 3. The van der Waals surface area contributed by atoms with Gasteiger partial charge in [-0.1, -0.05) is 35.2 Å². The second kappa shape index (κ2) is 47.8. The van der Waals surface area contributed by atoms with Crippen LogP contribution in [0.3, 0.4) is 0 Å². The van der Waals surface area contributed by atoms with Gasteiger partial charge in [0.15, 0.2) is 0 Å². The van der Waals surface area contributed by atoms with Gasteiger partial charge in [0.2, 0.25) is 46.6 Å². The highest BCUT2D eigenvalue weighted by Crippen LogP contribution is 2.33. The van der Waals surface area contributed by atoms with Crippen LogP contribution in [0, 0.1) is 0 Å². The van der Waals surface area contributed by atoms with Gasteiger partial charge in [-0.05, 0) is 274 Å². The van der Waals surface area contributed by atoms with E-state index < -0.39 is 23.9 Å². The van der Waals surface area contributed by atoms with Gasteiger partial charge < -0.3 is 65.7 Å². The molecule has 1 N–H and O–H groups in total. The normalized spacial score (nSPS) is 16.8. The number of aromatic nitrogens is 4. The molecule has 4 aromatic carbocycles. The molecule has 0 aliphatic carbocycles. The monoisotopic (exact) mass is 1690 g/mol. The summed E-state index contributed by atoms with van der Waals surface area (Å²) in [7, 11) is 0. The van der Waals surface area contributed by atoms with E-state index in [9.17, 15) is 24.3 Å². The molecule has 25 nitrogen and oxygen atoms in total. The maximum atomic E-state index is 12.5. The van der Waals surface area contributed by atoms with Crippen molar-refractivity contribution in [3.05, 3.63) is 143 Å². The van der Waals surface area contributed by atoms with Gasteiger partial charge in [0.1, 0.15) is 45.8 Å². The van der Waals surface area contributed by atoms with E-state index in [-0.39, 0.29) is 29.6 Å². The van der Waals surface area contributed by atoms with Gasteiger partial charge in [-0.25, -0.2) is 39.1 Å². The maximum absolute atomic E-state index is 12.5. The molecule has 5 fully saturated rings. The predicted molar refractivity (Wildman–Crippen MR) is 445 cm³/mol. The summed E-state index contributed by atoms with van der Waals surface area (Å²) in [5.74, 6) is 3.86. The molecule has 5 saturated heterocycles. The minimum Gasteiger partial charge on any atom is -0.494 e. The summed E-state index contributed by atoms with van der Waals surface area (Å²) < 4.78 is 61.2. The minimum absolute atomic E-state index is 0.0583. The highest BCUT2D eigenvalue weighted by Gasteiger charge is 2.30. The van der Waals surface area contributed by atoms with E-state index in [2.05, 4.69) is 74.2 Å². The molecule has 28 heteroatoms. The van der Waals surface area contributed by atoms with Crippen molar-refractivity contribution in [1.82, 2.24) is 44.4 Å². The Kier molecular flexibility index (Phi) is 37.0. The quantitative estimate of drug-likeness (QED) is 0.0165. The highest BCUT2D eigenvalue weighted by atomic mass is 79.9. The minimum atomic E-state index is -1.07. The summed E-state index contributed by atoms with van der Waals surface area (Å²) >= 11 is 14.6. The molecule has 0 saturated carbocycles. The van der Waals surface area contributed by atoms with Crippen molar-refractivity contribution in [3.8, 4) is 68.8 Å². The number of halogens is 3. The third kappa shape index (κ3) is 27.6. The van der Waals surface area contributed by atoms with Gasteiger partial charge in [-0.2, -0.15) is 0 Å². The number of esters is 3. The van der Waals surface area contributed by atoms with Crippen LogP contribution in [0.25, 0.3) is 45.8 Å². The lowest BCUT2D eigenvalue weighted by Gasteiger charge is -2.25. The lowest BCUT2D eigenvalue weighted by Crippen LogP contribution is -2.29. The van der Waals surface area contributed by atoms with E-state index in [1.54, 1.807) is 20.8 Å². The lowest BCUT2D eigenvalue weighted by atomic mass is 10.1. The fourth-order valence-corrected chi connectivity index (χ4v) is 15.0. The molecular weight excluding hydrogens is 1580 g/mol.